The minimum absolute atomic E-state index is 0. The van der Waals surface area contributed by atoms with E-state index in [0.29, 0.717) is 0 Å². The third-order valence-electron chi connectivity index (χ3n) is 9.89. The van der Waals surface area contributed by atoms with Gasteiger partial charge in [0.05, 0.1) is 0 Å². The molecule has 0 aliphatic carbocycles. The number of hydrogen-bond donors (Lipinski definition) is 0. The van der Waals surface area contributed by atoms with Crippen LogP contribution in [0.15, 0.2) is 128 Å². The van der Waals surface area contributed by atoms with Gasteiger partial charge in [0.2, 0.25) is 0 Å². The van der Waals surface area contributed by atoms with Crippen molar-refractivity contribution in [3.63, 3.8) is 0 Å². The van der Waals surface area contributed by atoms with Crippen molar-refractivity contribution in [1.29, 1.82) is 0 Å². The summed E-state index contributed by atoms with van der Waals surface area (Å²) in [6.45, 7) is 6.19. The molecular formula is C50H46IrN3. The fraction of sp³-hybridized carbons (Fsp3) is 0.220. The van der Waals surface area contributed by atoms with Crippen LogP contribution in [0.1, 0.15) is 62.9 Å². The van der Waals surface area contributed by atoms with Crippen molar-refractivity contribution >= 4 is 0 Å². The van der Waals surface area contributed by atoms with Crippen LogP contribution in [0.2, 0.25) is 0 Å². The Bertz CT molecular complexity index is 2090. The molecule has 0 aliphatic heterocycles. The Labute approximate surface area is 335 Å². The summed E-state index contributed by atoms with van der Waals surface area (Å²) in [7, 11) is 0. The molecule has 0 fully saturated rings. The SMILES string of the molecule is Cc1ccc(-c2[c-]cc(CCCCc3cc(CCc4c[c-]c(-c5ccc(C)cn5)cc4)cc(CCc4c[c-]c(-c5ccc(C)cn5)cc4)c3)cc2)nc1.[Ir+3]. The maximum atomic E-state index is 4.58. The van der Waals surface area contributed by atoms with Crippen LogP contribution in [0.4, 0.5) is 0 Å². The van der Waals surface area contributed by atoms with Gasteiger partial charge in [-0.1, -0.05) is 80.3 Å². The third kappa shape index (κ3) is 10.8. The van der Waals surface area contributed by atoms with Crippen LogP contribution in [-0.2, 0) is 58.6 Å². The minimum Gasteiger partial charge on any atom is -0.304 e. The van der Waals surface area contributed by atoms with Gasteiger partial charge in [-0.15, -0.1) is 106 Å². The Morgan fingerprint density at radius 2 is 0.685 bits per heavy atom. The van der Waals surface area contributed by atoms with E-state index >= 15 is 0 Å². The molecule has 3 aromatic heterocycles. The molecule has 0 bridgehead atoms. The summed E-state index contributed by atoms with van der Waals surface area (Å²) in [5, 5.41) is 0. The van der Waals surface area contributed by atoms with Crippen molar-refractivity contribution in [2.24, 2.45) is 0 Å². The second-order valence-corrected chi connectivity index (χ2v) is 14.4. The molecule has 3 nitrogen and oxygen atoms in total. The van der Waals surface area contributed by atoms with Crippen LogP contribution in [0.25, 0.3) is 33.8 Å². The molecule has 0 spiro atoms. The summed E-state index contributed by atoms with van der Waals surface area (Å²) < 4.78 is 0. The van der Waals surface area contributed by atoms with Crippen LogP contribution in [0.5, 0.6) is 0 Å². The molecule has 54 heavy (non-hydrogen) atoms. The number of unbranched alkanes of at least 4 members (excludes halogenated alkanes) is 1. The maximum absolute atomic E-state index is 4.58. The smallest absolute Gasteiger partial charge is 0.304 e. The number of benzene rings is 4. The zero-order valence-corrected chi connectivity index (χ0v) is 33.9. The maximum Gasteiger partial charge on any atom is 3.00 e. The molecule has 0 saturated heterocycles. The first kappa shape index (κ1) is 38.7. The normalized spacial score (nSPS) is 10.9. The van der Waals surface area contributed by atoms with Crippen LogP contribution >= 0.6 is 0 Å². The number of rotatable bonds is 14. The zero-order chi connectivity index (χ0) is 36.4. The van der Waals surface area contributed by atoms with E-state index in [1.54, 1.807) is 0 Å². The van der Waals surface area contributed by atoms with Gasteiger partial charge in [-0.05, 0) is 96.9 Å². The fourth-order valence-corrected chi connectivity index (χ4v) is 6.71. The standard InChI is InChI=1S/C50H46N3.Ir/c1-36-8-27-48(51-33-36)45-21-15-39(16-22-45)6-4-5-7-42-30-43(13-11-40-17-23-46(24-18-40)49-28-9-37(2)34-52-49)32-44(31-42)14-12-41-19-25-47(26-20-41)50-29-10-38(3)35-53-50;/h8-10,15-21,23,25,27-35H,4-7,11-14H2,1-3H3;/q-3;+3. The summed E-state index contributed by atoms with van der Waals surface area (Å²) in [6, 6.07) is 49.8. The first-order chi connectivity index (χ1) is 25.9. The summed E-state index contributed by atoms with van der Waals surface area (Å²) >= 11 is 0. The largest absolute Gasteiger partial charge is 3.00 e. The van der Waals surface area contributed by atoms with E-state index < -0.39 is 0 Å². The molecular weight excluding hydrogens is 835 g/mol. The molecule has 4 aromatic carbocycles. The quantitative estimate of drug-likeness (QED) is 0.0807. The van der Waals surface area contributed by atoms with Crippen LogP contribution in [-0.4, -0.2) is 15.0 Å². The van der Waals surface area contributed by atoms with Crippen molar-refractivity contribution in [2.75, 3.05) is 0 Å². The van der Waals surface area contributed by atoms with Gasteiger partial charge < -0.3 is 15.0 Å². The predicted molar refractivity (Wildman–Crippen MR) is 218 cm³/mol. The number of pyridine rings is 3. The molecule has 0 atom stereocenters. The molecule has 0 amide bonds. The first-order valence-electron chi connectivity index (χ1n) is 18.9. The van der Waals surface area contributed by atoms with E-state index in [1.165, 1.54) is 50.1 Å². The summed E-state index contributed by atoms with van der Waals surface area (Å²) in [5.74, 6) is 0. The van der Waals surface area contributed by atoms with Gasteiger partial charge in [0.25, 0.3) is 0 Å². The summed E-state index contributed by atoms with van der Waals surface area (Å²) in [4.78, 5) is 13.7. The van der Waals surface area contributed by atoms with Gasteiger partial charge in [0.15, 0.2) is 0 Å². The molecule has 7 aromatic rings. The third-order valence-corrected chi connectivity index (χ3v) is 9.89. The second kappa shape index (κ2) is 18.8. The van der Waals surface area contributed by atoms with Gasteiger partial charge in [0.1, 0.15) is 0 Å². The second-order valence-electron chi connectivity index (χ2n) is 14.4. The van der Waals surface area contributed by atoms with Crippen LogP contribution < -0.4 is 0 Å². The summed E-state index contributed by atoms with van der Waals surface area (Å²) in [5.41, 5.74) is 17.7. The average Bonchev–Trinajstić information content (AvgIpc) is 3.20. The van der Waals surface area contributed by atoms with E-state index in [4.69, 9.17) is 0 Å². The fourth-order valence-electron chi connectivity index (χ4n) is 6.71. The molecule has 3 heterocycles. The van der Waals surface area contributed by atoms with Crippen molar-refractivity contribution in [1.82, 2.24) is 15.0 Å². The van der Waals surface area contributed by atoms with Crippen molar-refractivity contribution in [2.45, 2.75) is 72.1 Å². The molecule has 4 heteroatoms. The van der Waals surface area contributed by atoms with Crippen LogP contribution in [0, 0.1) is 39.0 Å². The van der Waals surface area contributed by atoms with Crippen molar-refractivity contribution in [3.8, 4) is 33.8 Å². The van der Waals surface area contributed by atoms with Gasteiger partial charge in [-0.3, -0.25) is 0 Å². The molecule has 0 saturated carbocycles. The minimum atomic E-state index is 0. The molecule has 0 N–H and O–H groups in total. The van der Waals surface area contributed by atoms with E-state index in [-0.39, 0.29) is 20.1 Å². The van der Waals surface area contributed by atoms with Crippen molar-refractivity contribution in [3.05, 3.63) is 196 Å². The molecule has 0 radical (unpaired) electrons. The molecule has 7 rings (SSSR count). The average molecular weight is 881 g/mol. The first-order valence-corrected chi connectivity index (χ1v) is 18.9. The molecule has 270 valence electrons. The van der Waals surface area contributed by atoms with Gasteiger partial charge in [0, 0.05) is 18.6 Å². The Balaban J connectivity index is 0.00000497. The Hall–Kier alpha value is -5.02. The van der Waals surface area contributed by atoms with E-state index in [9.17, 15) is 0 Å². The molecule has 0 aliphatic rings. The number of hydrogen-bond acceptors (Lipinski definition) is 3. The van der Waals surface area contributed by atoms with E-state index in [1.807, 2.05) is 18.6 Å². The summed E-state index contributed by atoms with van der Waals surface area (Å²) in [6.07, 6.45) is 14.1. The van der Waals surface area contributed by atoms with Crippen molar-refractivity contribution < 1.29 is 20.1 Å². The number of aromatic nitrogens is 3. The zero-order valence-electron chi connectivity index (χ0n) is 31.5. The van der Waals surface area contributed by atoms with E-state index in [2.05, 4.69) is 163 Å². The number of nitrogens with zero attached hydrogens (tertiary/aromatic N) is 3. The molecule has 0 unspecified atom stereocenters. The van der Waals surface area contributed by atoms with Gasteiger partial charge in [-0.2, -0.15) is 0 Å². The Kier molecular flexibility index (Phi) is 13.5. The van der Waals surface area contributed by atoms with Gasteiger partial charge in [-0.25, -0.2) is 0 Å². The van der Waals surface area contributed by atoms with Crippen LogP contribution in [0.3, 0.4) is 0 Å². The Morgan fingerprint density at radius 3 is 1.00 bits per heavy atom. The number of aryl methyl sites for hydroxylation is 9. The predicted octanol–water partition coefficient (Wildman–Crippen LogP) is 11.3. The van der Waals surface area contributed by atoms with Gasteiger partial charge >= 0.3 is 20.1 Å². The topological polar surface area (TPSA) is 38.7 Å². The Morgan fingerprint density at radius 1 is 0.370 bits per heavy atom. The monoisotopic (exact) mass is 881 g/mol. The van der Waals surface area contributed by atoms with E-state index in [0.717, 1.165) is 85.1 Å².